The van der Waals surface area contributed by atoms with Gasteiger partial charge in [0.05, 0.1) is 15.8 Å². The van der Waals surface area contributed by atoms with Gasteiger partial charge in [0.15, 0.2) is 0 Å². The topological polar surface area (TPSA) is 42.2 Å². The van der Waals surface area contributed by atoms with Crippen molar-refractivity contribution in [1.29, 1.82) is 0 Å². The van der Waals surface area contributed by atoms with E-state index in [1.165, 1.54) is 6.07 Å². The van der Waals surface area contributed by atoms with Crippen LogP contribution < -0.4 is 5.56 Å². The van der Waals surface area contributed by atoms with Crippen molar-refractivity contribution in [3.05, 3.63) is 59.1 Å². The van der Waals surface area contributed by atoms with E-state index in [1.807, 2.05) is 13.8 Å². The summed E-state index contributed by atoms with van der Waals surface area (Å²) in [5.74, 6) is -0.271. The van der Waals surface area contributed by atoms with Gasteiger partial charge in [0.25, 0.3) is 5.56 Å². The molecule has 3 nitrogen and oxygen atoms in total. The van der Waals surface area contributed by atoms with Crippen LogP contribution in [0.25, 0.3) is 21.3 Å². The first kappa shape index (κ1) is 25.8. The monoisotopic (exact) mass is 473 g/mol. The Balaban J connectivity index is 0.00000164. The average Bonchev–Trinajstić information content (AvgIpc) is 3.04. The summed E-state index contributed by atoms with van der Waals surface area (Å²) in [6, 6.07) is 8.19. The Kier molecular flexibility index (Phi) is 9.94. The van der Waals surface area contributed by atoms with Gasteiger partial charge in [0.2, 0.25) is 0 Å². The zero-order valence-electron chi connectivity index (χ0n) is 15.6. The number of pyridine rings is 1. The zero-order chi connectivity index (χ0) is 18.8. The molecule has 1 N–H and O–H groups in total. The van der Waals surface area contributed by atoms with Gasteiger partial charge in [-0.3, -0.25) is 9.36 Å². The van der Waals surface area contributed by atoms with Crippen LogP contribution >= 0.6 is 11.3 Å². The quantitative estimate of drug-likeness (QED) is 0.480. The van der Waals surface area contributed by atoms with Crippen LogP contribution in [0.3, 0.4) is 0 Å². The first-order valence-electron chi connectivity index (χ1n) is 7.75. The Morgan fingerprint density at radius 3 is 2.30 bits per heavy atom. The van der Waals surface area contributed by atoms with Crippen LogP contribution in [0, 0.1) is 14.4 Å². The number of benzene rings is 1. The number of hydrogen-bond donors (Lipinski definition) is 1. The summed E-state index contributed by atoms with van der Waals surface area (Å²) in [7, 11) is 0. The molecule has 3 aromatic rings. The number of alkyl halides is 3. The Hall–Kier alpha value is -1.18. The summed E-state index contributed by atoms with van der Waals surface area (Å²) >= 11 is 1.10. The third-order valence-electron chi connectivity index (χ3n) is 3.60. The summed E-state index contributed by atoms with van der Waals surface area (Å²) in [5.41, 5.74) is 0.282. The largest absolute Gasteiger partial charge is 0.506 e. The number of aromatic hydroxyl groups is 1. The average molecular weight is 473 g/mol. The third-order valence-corrected chi connectivity index (χ3v) is 4.51. The summed E-state index contributed by atoms with van der Waals surface area (Å²) in [5, 5.41) is 12.0. The summed E-state index contributed by atoms with van der Waals surface area (Å²) in [4.78, 5) is 12.6. The van der Waals surface area contributed by atoms with Gasteiger partial charge in [-0.25, -0.2) is 0 Å². The van der Waals surface area contributed by atoms with Crippen molar-refractivity contribution in [3.63, 3.8) is 0 Å². The minimum Gasteiger partial charge on any atom is -0.506 e. The number of thiophene rings is 1. The van der Waals surface area contributed by atoms with Crippen LogP contribution in [-0.2, 0) is 39.3 Å². The van der Waals surface area contributed by atoms with Gasteiger partial charge in [-0.1, -0.05) is 38.1 Å². The van der Waals surface area contributed by atoms with Crippen molar-refractivity contribution in [2.45, 2.75) is 33.5 Å². The number of aryl methyl sites for hydroxylation is 1. The van der Waals surface area contributed by atoms with Crippen LogP contribution in [0.15, 0.2) is 40.5 Å². The maximum Gasteiger partial charge on any atom is 0.406 e. The smallest absolute Gasteiger partial charge is 0.406 e. The Morgan fingerprint density at radius 2 is 1.74 bits per heavy atom. The normalized spacial score (nSPS) is 10.4. The Labute approximate surface area is 185 Å². The molecule has 0 bridgehead atoms. The zero-order valence-corrected chi connectivity index (χ0v) is 19.2. The van der Waals surface area contributed by atoms with E-state index in [9.17, 15) is 23.1 Å². The molecular weight excluding hydrogens is 452 g/mol. The van der Waals surface area contributed by atoms with Crippen molar-refractivity contribution in [1.82, 2.24) is 4.57 Å². The van der Waals surface area contributed by atoms with Crippen LogP contribution in [0.4, 0.5) is 13.2 Å². The number of hydrogen-bond acceptors (Lipinski definition) is 3. The molecule has 0 saturated carbocycles. The molecule has 2 aromatic heterocycles. The molecule has 3 rings (SSSR count). The van der Waals surface area contributed by atoms with E-state index in [4.69, 9.17) is 0 Å². The number of fused-ring (bicyclic) bond motifs is 1. The maximum atomic E-state index is 12.9. The molecule has 0 atom stereocenters. The van der Waals surface area contributed by atoms with E-state index >= 15 is 0 Å². The van der Waals surface area contributed by atoms with E-state index in [-0.39, 0.29) is 61.7 Å². The van der Waals surface area contributed by atoms with Crippen LogP contribution in [0.2, 0.25) is 0 Å². The Morgan fingerprint density at radius 1 is 1.15 bits per heavy atom. The molecule has 1 aromatic carbocycles. The van der Waals surface area contributed by atoms with E-state index in [2.05, 4.69) is 0 Å². The molecule has 2 heterocycles. The fourth-order valence-corrected chi connectivity index (χ4v) is 3.43. The summed E-state index contributed by atoms with van der Waals surface area (Å²) in [6.07, 6.45) is -4.53. The molecule has 8 heteroatoms. The van der Waals surface area contributed by atoms with Crippen molar-refractivity contribution in [2.24, 2.45) is 0 Å². The van der Waals surface area contributed by atoms with Crippen molar-refractivity contribution in [2.75, 3.05) is 0 Å². The minimum absolute atomic E-state index is 0. The van der Waals surface area contributed by atoms with Crippen LogP contribution in [0.1, 0.15) is 19.4 Å². The summed E-state index contributed by atoms with van der Waals surface area (Å²) in [6.45, 7) is 4.35. The van der Waals surface area contributed by atoms with Crippen LogP contribution in [0.5, 0.6) is 5.75 Å². The number of aromatic nitrogens is 1. The van der Waals surface area contributed by atoms with Crippen molar-refractivity contribution >= 4 is 21.6 Å². The van der Waals surface area contributed by atoms with E-state index in [0.29, 0.717) is 15.7 Å². The third kappa shape index (κ3) is 5.42. The van der Waals surface area contributed by atoms with E-state index < -0.39 is 18.3 Å². The molecule has 0 aliphatic heterocycles. The second-order valence-electron chi connectivity index (χ2n) is 5.18. The molecule has 0 aliphatic carbocycles. The summed E-state index contributed by atoms with van der Waals surface area (Å²) < 4.78 is 39.5. The fraction of sp³-hybridized carbons (Fsp3) is 0.263. The predicted molar refractivity (Wildman–Crippen MR) is 102 cm³/mol. The van der Waals surface area contributed by atoms with E-state index in [0.717, 1.165) is 11.3 Å². The molecule has 0 amide bonds. The molecule has 0 fully saturated rings. The van der Waals surface area contributed by atoms with Gasteiger partial charge < -0.3 is 12.5 Å². The molecule has 1 radical (unpaired) electrons. The SMILES string of the molecule is CC.Cc1ccccc1-c1c(O)c2sccc2n(CC(F)(F)F)c1=O.[CH3-].[Y]. The van der Waals surface area contributed by atoms with Gasteiger partial charge in [0.1, 0.15) is 12.3 Å². The molecule has 0 aliphatic rings. The molecular formula is C19H21F3NO2SY-. The van der Waals surface area contributed by atoms with Crippen molar-refractivity contribution < 1.29 is 51.0 Å². The molecule has 145 valence electrons. The van der Waals surface area contributed by atoms with Gasteiger partial charge in [-0.2, -0.15) is 13.2 Å². The minimum atomic E-state index is -4.53. The first-order valence-corrected chi connectivity index (χ1v) is 8.63. The molecule has 0 spiro atoms. The van der Waals surface area contributed by atoms with E-state index in [1.54, 1.807) is 36.6 Å². The number of nitrogens with zero attached hydrogens (tertiary/aromatic N) is 1. The number of halogens is 3. The molecule has 0 unspecified atom stereocenters. The second kappa shape index (κ2) is 10.4. The van der Waals surface area contributed by atoms with Crippen LogP contribution in [-0.4, -0.2) is 15.8 Å². The van der Waals surface area contributed by atoms with Gasteiger partial charge in [-0.15, -0.1) is 11.3 Å². The standard InChI is InChI=1S/C16H12F3NO2S.C2H6.CH3.Y/c1-9-4-2-3-5-10(9)12-13(21)14-11(6-7-23-14)20(15(12)22)8-16(17,18)19;1-2;;/h2-7,21H,8H2,1H3;1-2H3;1H3;/q;;-1;. The number of rotatable bonds is 2. The second-order valence-corrected chi connectivity index (χ2v) is 6.10. The Bertz CT molecular complexity index is 948. The van der Waals surface area contributed by atoms with Gasteiger partial charge in [-0.05, 0) is 29.5 Å². The molecule has 27 heavy (non-hydrogen) atoms. The predicted octanol–water partition coefficient (Wildman–Crippen LogP) is 5.78. The first-order chi connectivity index (χ1) is 11.8. The fourth-order valence-electron chi connectivity index (χ4n) is 2.58. The molecule has 0 saturated heterocycles. The van der Waals surface area contributed by atoms with Gasteiger partial charge >= 0.3 is 6.18 Å². The van der Waals surface area contributed by atoms with Crippen molar-refractivity contribution in [3.8, 4) is 16.9 Å². The van der Waals surface area contributed by atoms with Gasteiger partial charge in [0, 0.05) is 32.7 Å². The maximum absolute atomic E-state index is 12.9.